The van der Waals surface area contributed by atoms with Crippen molar-refractivity contribution in [2.75, 3.05) is 24.5 Å². The molecule has 2 aromatic rings. The van der Waals surface area contributed by atoms with Crippen LogP contribution in [0.1, 0.15) is 16.7 Å². The summed E-state index contributed by atoms with van der Waals surface area (Å²) in [6.45, 7) is 0.346. The molecule has 1 heterocycles. The molecule has 0 saturated carbocycles. The standard InChI is InChI=1S/C22H20F3N5O2/c23-22(24,25)16-2-1-3-17(11-16)30(21(28)32)19-13-29(9-8-26)20(31)18(19)10-14-4-6-15(12-27)7-5-14/h1-7,11H,8-10,13,26H2,(H2,28,32). The number of urea groups is 1. The molecule has 2 aromatic carbocycles. The Morgan fingerprint density at radius 1 is 1.19 bits per heavy atom. The maximum atomic E-state index is 13.2. The summed E-state index contributed by atoms with van der Waals surface area (Å²) in [5, 5.41) is 8.96. The molecule has 0 spiro atoms. The highest BCUT2D eigenvalue weighted by Crippen LogP contribution is 2.34. The van der Waals surface area contributed by atoms with Crippen LogP contribution in [-0.2, 0) is 17.4 Å². The summed E-state index contributed by atoms with van der Waals surface area (Å²) in [7, 11) is 0. The molecule has 10 heteroatoms. The van der Waals surface area contributed by atoms with Crippen LogP contribution >= 0.6 is 0 Å². The Bertz CT molecular complexity index is 1100. The van der Waals surface area contributed by atoms with E-state index in [2.05, 4.69) is 0 Å². The predicted molar refractivity (Wildman–Crippen MR) is 111 cm³/mol. The number of amides is 3. The Hall–Kier alpha value is -3.84. The number of nitriles is 1. The first-order chi connectivity index (χ1) is 15.2. The molecule has 3 rings (SSSR count). The Kier molecular flexibility index (Phi) is 6.50. The topological polar surface area (TPSA) is 116 Å². The van der Waals surface area contributed by atoms with E-state index >= 15 is 0 Å². The minimum atomic E-state index is -4.61. The lowest BCUT2D eigenvalue weighted by Crippen LogP contribution is -2.38. The van der Waals surface area contributed by atoms with E-state index in [9.17, 15) is 22.8 Å². The highest BCUT2D eigenvalue weighted by atomic mass is 19.4. The number of nitrogens with zero attached hydrogens (tertiary/aromatic N) is 3. The van der Waals surface area contributed by atoms with Gasteiger partial charge in [0.1, 0.15) is 0 Å². The van der Waals surface area contributed by atoms with Gasteiger partial charge in [0.15, 0.2) is 0 Å². The van der Waals surface area contributed by atoms with Gasteiger partial charge in [0, 0.05) is 25.1 Å². The Morgan fingerprint density at radius 3 is 2.44 bits per heavy atom. The molecule has 0 fully saturated rings. The molecule has 1 aliphatic rings. The number of alkyl halides is 3. The number of benzene rings is 2. The monoisotopic (exact) mass is 443 g/mol. The molecule has 0 bridgehead atoms. The second kappa shape index (κ2) is 9.11. The van der Waals surface area contributed by atoms with Crippen molar-refractivity contribution in [3.05, 3.63) is 76.5 Å². The number of rotatable bonds is 6. The fraction of sp³-hybridized carbons (Fsp3) is 0.227. The molecule has 0 atom stereocenters. The Balaban J connectivity index is 2.08. The first-order valence-corrected chi connectivity index (χ1v) is 9.63. The fourth-order valence-corrected chi connectivity index (χ4v) is 3.52. The minimum absolute atomic E-state index is 0.0270. The van der Waals surface area contributed by atoms with Crippen molar-refractivity contribution in [1.29, 1.82) is 5.26 Å². The molecule has 0 aromatic heterocycles. The molecule has 0 saturated heterocycles. The van der Waals surface area contributed by atoms with Crippen molar-refractivity contribution < 1.29 is 22.8 Å². The summed E-state index contributed by atoms with van der Waals surface area (Å²) in [4.78, 5) is 27.7. The van der Waals surface area contributed by atoms with Crippen LogP contribution < -0.4 is 16.4 Å². The van der Waals surface area contributed by atoms with Crippen molar-refractivity contribution in [2.24, 2.45) is 11.5 Å². The van der Waals surface area contributed by atoms with Gasteiger partial charge in [0.2, 0.25) is 0 Å². The number of halogens is 3. The van der Waals surface area contributed by atoms with Crippen molar-refractivity contribution in [1.82, 2.24) is 4.90 Å². The maximum Gasteiger partial charge on any atom is 0.416 e. The van der Waals surface area contributed by atoms with E-state index in [0.29, 0.717) is 11.1 Å². The second-order valence-electron chi connectivity index (χ2n) is 7.15. The molecule has 0 unspecified atom stereocenters. The summed E-state index contributed by atoms with van der Waals surface area (Å²) in [6.07, 6.45) is -4.51. The van der Waals surface area contributed by atoms with Gasteiger partial charge >= 0.3 is 12.2 Å². The summed E-state index contributed by atoms with van der Waals surface area (Å²) < 4.78 is 39.6. The average Bonchev–Trinajstić information content (AvgIpc) is 3.04. The van der Waals surface area contributed by atoms with Crippen molar-refractivity contribution in [3.8, 4) is 6.07 Å². The zero-order valence-electron chi connectivity index (χ0n) is 16.9. The van der Waals surface area contributed by atoms with Gasteiger partial charge < -0.3 is 16.4 Å². The Labute approximate surface area is 182 Å². The molecule has 32 heavy (non-hydrogen) atoms. The zero-order chi connectivity index (χ0) is 23.5. The molecule has 166 valence electrons. The molecular formula is C22H20F3N5O2. The van der Waals surface area contributed by atoms with Crippen LogP contribution in [0.5, 0.6) is 0 Å². The number of carbonyl (C=O) groups is 2. The lowest BCUT2D eigenvalue weighted by Gasteiger charge is -2.24. The van der Waals surface area contributed by atoms with Gasteiger partial charge in [-0.1, -0.05) is 18.2 Å². The SMILES string of the molecule is N#Cc1ccc(CC2=C(N(C(N)=O)c3cccc(C(F)(F)F)c3)CN(CCN)C2=O)cc1. The molecule has 0 radical (unpaired) electrons. The van der Waals surface area contributed by atoms with Crippen molar-refractivity contribution in [2.45, 2.75) is 12.6 Å². The minimum Gasteiger partial charge on any atom is -0.351 e. The molecular weight excluding hydrogens is 423 g/mol. The average molecular weight is 443 g/mol. The third-order valence-electron chi connectivity index (χ3n) is 5.02. The van der Waals surface area contributed by atoms with Crippen LogP contribution in [0.3, 0.4) is 0 Å². The third-order valence-corrected chi connectivity index (χ3v) is 5.02. The van der Waals surface area contributed by atoms with Crippen LogP contribution in [0.4, 0.5) is 23.7 Å². The van der Waals surface area contributed by atoms with Gasteiger partial charge in [-0.25, -0.2) is 4.79 Å². The first kappa shape index (κ1) is 22.8. The number of anilines is 1. The van der Waals surface area contributed by atoms with Crippen LogP contribution in [0.25, 0.3) is 0 Å². The van der Waals surface area contributed by atoms with E-state index in [-0.39, 0.29) is 48.9 Å². The largest absolute Gasteiger partial charge is 0.416 e. The van der Waals surface area contributed by atoms with Crippen LogP contribution in [0.2, 0.25) is 0 Å². The maximum absolute atomic E-state index is 13.2. The van der Waals surface area contributed by atoms with E-state index in [1.54, 1.807) is 24.3 Å². The summed E-state index contributed by atoms with van der Waals surface area (Å²) in [6, 6.07) is 11.7. The Morgan fingerprint density at radius 2 is 1.88 bits per heavy atom. The number of nitrogens with two attached hydrogens (primary N) is 2. The molecule has 0 aliphatic carbocycles. The second-order valence-corrected chi connectivity index (χ2v) is 7.15. The molecule has 7 nitrogen and oxygen atoms in total. The lowest BCUT2D eigenvalue weighted by molar-refractivity contribution is -0.137. The predicted octanol–water partition coefficient (Wildman–Crippen LogP) is 2.76. The number of hydrogen-bond donors (Lipinski definition) is 2. The van der Waals surface area contributed by atoms with Crippen LogP contribution in [0.15, 0.2) is 59.8 Å². The van der Waals surface area contributed by atoms with Gasteiger partial charge in [0.05, 0.1) is 35.1 Å². The van der Waals surface area contributed by atoms with E-state index < -0.39 is 17.8 Å². The normalized spacial score (nSPS) is 14.0. The number of hydrogen-bond acceptors (Lipinski definition) is 4. The lowest BCUT2D eigenvalue weighted by atomic mass is 10.0. The number of carbonyl (C=O) groups excluding carboxylic acids is 2. The molecule has 3 amide bonds. The van der Waals surface area contributed by atoms with E-state index in [1.807, 2.05) is 6.07 Å². The summed E-state index contributed by atoms with van der Waals surface area (Å²) >= 11 is 0. The quantitative estimate of drug-likeness (QED) is 0.714. The van der Waals surface area contributed by atoms with Crippen molar-refractivity contribution >= 4 is 17.6 Å². The van der Waals surface area contributed by atoms with Crippen LogP contribution in [-0.4, -0.2) is 36.5 Å². The van der Waals surface area contributed by atoms with Crippen molar-refractivity contribution in [3.63, 3.8) is 0 Å². The van der Waals surface area contributed by atoms with E-state index in [4.69, 9.17) is 16.7 Å². The zero-order valence-corrected chi connectivity index (χ0v) is 16.9. The summed E-state index contributed by atoms with van der Waals surface area (Å²) in [5.74, 6) is -0.381. The van der Waals surface area contributed by atoms with Crippen LogP contribution in [0, 0.1) is 11.3 Å². The third kappa shape index (κ3) is 4.73. The van der Waals surface area contributed by atoms with Gasteiger partial charge in [-0.05, 0) is 35.9 Å². The highest BCUT2D eigenvalue weighted by Gasteiger charge is 2.36. The van der Waals surface area contributed by atoms with E-state index in [0.717, 1.165) is 17.0 Å². The molecule has 4 N–H and O–H groups in total. The van der Waals surface area contributed by atoms with Gasteiger partial charge in [0.25, 0.3) is 5.91 Å². The fourth-order valence-electron chi connectivity index (χ4n) is 3.52. The smallest absolute Gasteiger partial charge is 0.351 e. The highest BCUT2D eigenvalue weighted by molar-refractivity contribution is 6.03. The van der Waals surface area contributed by atoms with Gasteiger partial charge in [-0.2, -0.15) is 18.4 Å². The summed E-state index contributed by atoms with van der Waals surface area (Å²) in [5.41, 5.74) is 11.6. The number of primary amides is 1. The van der Waals surface area contributed by atoms with Gasteiger partial charge in [-0.3, -0.25) is 9.69 Å². The van der Waals surface area contributed by atoms with E-state index in [1.165, 1.54) is 17.0 Å². The first-order valence-electron chi connectivity index (χ1n) is 9.63. The van der Waals surface area contributed by atoms with Gasteiger partial charge in [-0.15, -0.1) is 0 Å². The molecule has 1 aliphatic heterocycles.